The summed E-state index contributed by atoms with van der Waals surface area (Å²) in [6.07, 6.45) is 8.50. The Morgan fingerprint density at radius 3 is 2.90 bits per heavy atom. The maximum absolute atomic E-state index is 12.2. The van der Waals surface area contributed by atoms with Crippen molar-refractivity contribution in [3.8, 4) is 0 Å². The van der Waals surface area contributed by atoms with Crippen LogP contribution in [0.15, 0.2) is 41.2 Å². The van der Waals surface area contributed by atoms with Crippen LogP contribution in [0.1, 0.15) is 6.92 Å². The first-order valence-electron chi connectivity index (χ1n) is 6.77. The summed E-state index contributed by atoms with van der Waals surface area (Å²) >= 11 is 0. The van der Waals surface area contributed by atoms with E-state index in [-0.39, 0.29) is 5.91 Å². The molecule has 1 aliphatic carbocycles. The molecule has 7 heteroatoms. The molecule has 2 N–H and O–H groups in total. The molecule has 0 spiro atoms. The molecule has 0 saturated carbocycles. The summed E-state index contributed by atoms with van der Waals surface area (Å²) in [6, 6.07) is 0. The molecule has 0 saturated heterocycles. The van der Waals surface area contributed by atoms with Gasteiger partial charge in [-0.05, 0) is 19.5 Å². The predicted molar refractivity (Wildman–Crippen MR) is 81.4 cm³/mol. The Kier molecular flexibility index (Phi) is 7.25. The Hall–Kier alpha value is -2.08. The third-order valence-electron chi connectivity index (χ3n) is 2.99. The van der Waals surface area contributed by atoms with Crippen LogP contribution in [-0.2, 0) is 9.53 Å². The maximum atomic E-state index is 12.2. The fourth-order valence-electron chi connectivity index (χ4n) is 1.69. The summed E-state index contributed by atoms with van der Waals surface area (Å²) in [6.45, 7) is 4.12. The van der Waals surface area contributed by atoms with Gasteiger partial charge in [-0.25, -0.2) is 0 Å². The summed E-state index contributed by atoms with van der Waals surface area (Å²) in [7, 11) is 1.86. The minimum atomic E-state index is -0.770. The first kappa shape index (κ1) is 17.0. The molecule has 0 bridgehead atoms. The molecule has 21 heavy (non-hydrogen) atoms. The van der Waals surface area contributed by atoms with Crippen molar-refractivity contribution >= 4 is 5.91 Å². The van der Waals surface area contributed by atoms with Crippen molar-refractivity contribution in [2.75, 3.05) is 33.4 Å². The van der Waals surface area contributed by atoms with E-state index in [2.05, 4.69) is 20.7 Å². The summed E-state index contributed by atoms with van der Waals surface area (Å²) in [5.41, 5.74) is 8.12. The zero-order valence-corrected chi connectivity index (χ0v) is 12.4. The number of nitrogens with one attached hydrogen (secondary N) is 2. The van der Waals surface area contributed by atoms with Crippen LogP contribution in [0.4, 0.5) is 0 Å². The van der Waals surface area contributed by atoms with E-state index in [1.807, 2.05) is 7.05 Å². The van der Waals surface area contributed by atoms with Crippen LogP contribution in [0.25, 0.3) is 10.4 Å². The van der Waals surface area contributed by atoms with Gasteiger partial charge in [0.15, 0.2) is 0 Å². The number of allylic oxidation sites excluding steroid dienone is 3. The number of azide groups is 1. The molecule has 0 aromatic rings. The Labute approximate surface area is 124 Å². The molecule has 7 nitrogen and oxygen atoms in total. The zero-order chi connectivity index (χ0) is 15.6. The number of amides is 1. The van der Waals surface area contributed by atoms with Crippen molar-refractivity contribution in [2.45, 2.75) is 6.92 Å². The average Bonchev–Trinajstić information content (AvgIpc) is 2.66. The third-order valence-corrected chi connectivity index (χ3v) is 2.99. The molecule has 1 unspecified atom stereocenters. The summed E-state index contributed by atoms with van der Waals surface area (Å²) in [5.74, 6) is -0.122. The fourth-order valence-corrected chi connectivity index (χ4v) is 1.69. The normalized spacial score (nSPS) is 20.4. The summed E-state index contributed by atoms with van der Waals surface area (Å²) in [4.78, 5) is 14.9. The zero-order valence-electron chi connectivity index (χ0n) is 12.4. The SMILES string of the molecule is CNCCOCCNC(=O)C1(C)C=CC=C(N=[N+]=[N-])C=C1. The predicted octanol–water partition coefficient (Wildman–Crippen LogP) is 1.67. The van der Waals surface area contributed by atoms with Crippen molar-refractivity contribution in [1.82, 2.24) is 10.6 Å². The van der Waals surface area contributed by atoms with Gasteiger partial charge >= 0.3 is 0 Å². The van der Waals surface area contributed by atoms with Crippen molar-refractivity contribution < 1.29 is 9.53 Å². The summed E-state index contributed by atoms with van der Waals surface area (Å²) < 4.78 is 5.34. The maximum Gasteiger partial charge on any atom is 0.233 e. The Balaban J connectivity index is 2.46. The molecule has 1 amide bonds. The molecular formula is C14H21N5O2. The van der Waals surface area contributed by atoms with Crippen LogP contribution in [-0.4, -0.2) is 39.3 Å². The fraction of sp³-hybridized carbons (Fsp3) is 0.500. The number of ether oxygens (including phenoxy) is 1. The summed E-state index contributed by atoms with van der Waals surface area (Å²) in [5, 5.41) is 9.33. The number of likely N-dealkylation sites (N-methyl/N-ethyl adjacent to an activating group) is 1. The van der Waals surface area contributed by atoms with Gasteiger partial charge in [-0.2, -0.15) is 0 Å². The van der Waals surface area contributed by atoms with Crippen LogP contribution in [0.3, 0.4) is 0 Å². The lowest BCUT2D eigenvalue weighted by Crippen LogP contribution is -2.38. The number of nitrogens with zero attached hydrogens (tertiary/aromatic N) is 3. The van der Waals surface area contributed by atoms with Gasteiger partial charge < -0.3 is 15.4 Å². The van der Waals surface area contributed by atoms with Gasteiger partial charge in [-0.15, -0.1) is 0 Å². The van der Waals surface area contributed by atoms with E-state index in [1.165, 1.54) is 0 Å². The quantitative estimate of drug-likeness (QED) is 0.308. The second-order valence-electron chi connectivity index (χ2n) is 4.73. The molecule has 0 radical (unpaired) electrons. The van der Waals surface area contributed by atoms with Gasteiger partial charge in [0, 0.05) is 23.7 Å². The monoisotopic (exact) mass is 291 g/mol. The first-order chi connectivity index (χ1) is 10.1. The molecule has 0 aromatic heterocycles. The van der Waals surface area contributed by atoms with Crippen LogP contribution in [0, 0.1) is 5.41 Å². The molecule has 0 aliphatic heterocycles. The van der Waals surface area contributed by atoms with E-state index >= 15 is 0 Å². The number of hydrogen-bond acceptors (Lipinski definition) is 4. The lowest BCUT2D eigenvalue weighted by atomic mass is 9.89. The highest BCUT2D eigenvalue weighted by Crippen LogP contribution is 2.24. The van der Waals surface area contributed by atoms with E-state index in [9.17, 15) is 4.79 Å². The number of hydrogen-bond donors (Lipinski definition) is 2. The Bertz CT molecular complexity index is 492. The van der Waals surface area contributed by atoms with Crippen LogP contribution >= 0.6 is 0 Å². The highest BCUT2D eigenvalue weighted by molar-refractivity contribution is 5.86. The van der Waals surface area contributed by atoms with Crippen LogP contribution in [0.5, 0.6) is 0 Å². The Morgan fingerprint density at radius 2 is 2.19 bits per heavy atom. The van der Waals surface area contributed by atoms with Gasteiger partial charge in [-0.3, -0.25) is 4.79 Å². The topological polar surface area (TPSA) is 99.1 Å². The molecule has 1 aliphatic rings. The van der Waals surface area contributed by atoms with Gasteiger partial charge in [0.25, 0.3) is 0 Å². The van der Waals surface area contributed by atoms with Gasteiger partial charge in [0.05, 0.1) is 18.6 Å². The molecule has 114 valence electrons. The molecule has 1 atom stereocenters. The number of carbonyl (C=O) groups is 1. The molecule has 0 aromatic carbocycles. The number of carbonyl (C=O) groups excluding carboxylic acids is 1. The van der Waals surface area contributed by atoms with Crippen molar-refractivity contribution in [3.05, 3.63) is 46.5 Å². The molecule has 0 fully saturated rings. The van der Waals surface area contributed by atoms with E-state index in [0.717, 1.165) is 6.54 Å². The molecule has 0 heterocycles. The van der Waals surface area contributed by atoms with Crippen molar-refractivity contribution in [3.63, 3.8) is 0 Å². The largest absolute Gasteiger partial charge is 0.378 e. The first-order valence-corrected chi connectivity index (χ1v) is 6.77. The minimum Gasteiger partial charge on any atom is -0.378 e. The van der Waals surface area contributed by atoms with Gasteiger partial charge in [0.2, 0.25) is 5.91 Å². The van der Waals surface area contributed by atoms with E-state index in [4.69, 9.17) is 10.3 Å². The Morgan fingerprint density at radius 1 is 1.43 bits per heavy atom. The second kappa shape index (κ2) is 8.97. The van der Waals surface area contributed by atoms with Gasteiger partial charge in [-0.1, -0.05) is 35.5 Å². The van der Waals surface area contributed by atoms with Crippen LogP contribution in [0.2, 0.25) is 0 Å². The lowest BCUT2D eigenvalue weighted by molar-refractivity contribution is -0.126. The van der Waals surface area contributed by atoms with Crippen molar-refractivity contribution in [1.29, 1.82) is 0 Å². The minimum absolute atomic E-state index is 0.122. The number of rotatable bonds is 8. The average molecular weight is 291 g/mol. The molecular weight excluding hydrogens is 270 g/mol. The standard InChI is InChI=1S/C14H21N5O2/c1-14(6-3-4-12(5-7-14)18-19-15)13(20)17-9-11-21-10-8-16-2/h3-7,16H,8-11H2,1-2H3,(H,17,20). The smallest absolute Gasteiger partial charge is 0.233 e. The van der Waals surface area contributed by atoms with Crippen LogP contribution < -0.4 is 10.6 Å². The highest BCUT2D eigenvalue weighted by atomic mass is 16.5. The van der Waals surface area contributed by atoms with Crippen molar-refractivity contribution in [2.24, 2.45) is 10.5 Å². The third kappa shape index (κ3) is 5.83. The lowest BCUT2D eigenvalue weighted by Gasteiger charge is -2.20. The van der Waals surface area contributed by atoms with E-state index in [1.54, 1.807) is 37.3 Å². The second-order valence-corrected chi connectivity index (χ2v) is 4.73. The highest BCUT2D eigenvalue weighted by Gasteiger charge is 2.27. The van der Waals surface area contributed by atoms with E-state index in [0.29, 0.717) is 25.5 Å². The van der Waals surface area contributed by atoms with E-state index < -0.39 is 5.41 Å². The van der Waals surface area contributed by atoms with Gasteiger partial charge in [0.1, 0.15) is 0 Å². The molecule has 1 rings (SSSR count).